The Morgan fingerprint density at radius 1 is 0.700 bits per heavy atom. The van der Waals surface area contributed by atoms with E-state index in [0.717, 1.165) is 33.9 Å². The number of rotatable bonds is 2. The summed E-state index contributed by atoms with van der Waals surface area (Å²) < 4.78 is 0. The summed E-state index contributed by atoms with van der Waals surface area (Å²) >= 11 is 0. The van der Waals surface area contributed by atoms with Gasteiger partial charge in [0, 0.05) is 34.9 Å². The van der Waals surface area contributed by atoms with E-state index >= 15 is 0 Å². The van der Waals surface area contributed by atoms with Gasteiger partial charge in [-0.05, 0) is 44.2 Å². The van der Waals surface area contributed by atoms with Crippen molar-refractivity contribution in [3.63, 3.8) is 0 Å². The monoisotopic (exact) mass is 261 g/mol. The lowest BCUT2D eigenvalue weighted by Gasteiger charge is -2.10. The maximum absolute atomic E-state index is 4.65. The third-order valence-corrected chi connectivity index (χ3v) is 3.29. The minimum absolute atomic E-state index is 0.940. The zero-order valence-electron chi connectivity index (χ0n) is 11.5. The van der Waals surface area contributed by atoms with Gasteiger partial charge in [0.2, 0.25) is 0 Å². The van der Waals surface area contributed by atoms with Crippen molar-refractivity contribution in [1.82, 2.24) is 15.0 Å². The van der Waals surface area contributed by atoms with Crippen molar-refractivity contribution in [3.05, 3.63) is 66.2 Å². The number of aromatic nitrogens is 3. The van der Waals surface area contributed by atoms with E-state index in [1.54, 1.807) is 12.4 Å². The molecule has 0 spiro atoms. The first kappa shape index (κ1) is 12.5. The lowest BCUT2D eigenvalue weighted by molar-refractivity contribution is 1.11. The fourth-order valence-electron chi connectivity index (χ4n) is 2.29. The molecule has 0 aliphatic heterocycles. The van der Waals surface area contributed by atoms with Crippen molar-refractivity contribution in [3.8, 4) is 22.5 Å². The molecule has 0 bridgehead atoms. The number of pyridine rings is 3. The zero-order valence-corrected chi connectivity index (χ0v) is 11.5. The molecule has 3 rings (SSSR count). The van der Waals surface area contributed by atoms with Crippen molar-refractivity contribution in [2.75, 3.05) is 0 Å². The Bertz CT molecular complexity index is 661. The highest BCUT2D eigenvalue weighted by Crippen LogP contribution is 2.28. The summed E-state index contributed by atoms with van der Waals surface area (Å²) in [5.74, 6) is 0. The SMILES string of the molecule is Cc1nc(C)c(-c2ccccn2)cc1-c1ccccn1. The van der Waals surface area contributed by atoms with Gasteiger partial charge in [-0.15, -0.1) is 0 Å². The highest BCUT2D eigenvalue weighted by atomic mass is 14.7. The van der Waals surface area contributed by atoms with Gasteiger partial charge in [0.15, 0.2) is 0 Å². The molecule has 3 nitrogen and oxygen atoms in total. The van der Waals surface area contributed by atoms with Gasteiger partial charge in [-0.25, -0.2) is 0 Å². The largest absolute Gasteiger partial charge is 0.257 e. The van der Waals surface area contributed by atoms with Gasteiger partial charge in [0.25, 0.3) is 0 Å². The molecule has 3 heteroatoms. The molecule has 0 saturated heterocycles. The van der Waals surface area contributed by atoms with Gasteiger partial charge in [-0.1, -0.05) is 12.1 Å². The standard InChI is InChI=1S/C17H15N3/c1-12-14(16-7-3-5-9-18-16)11-15(13(2)20-12)17-8-4-6-10-19-17/h3-11H,1-2H3. The fourth-order valence-corrected chi connectivity index (χ4v) is 2.29. The zero-order chi connectivity index (χ0) is 13.9. The molecule has 0 aliphatic rings. The first-order valence-corrected chi connectivity index (χ1v) is 6.57. The van der Waals surface area contributed by atoms with Crippen molar-refractivity contribution in [2.24, 2.45) is 0 Å². The van der Waals surface area contributed by atoms with Crippen LogP contribution in [0.3, 0.4) is 0 Å². The molecule has 0 radical (unpaired) electrons. The van der Waals surface area contributed by atoms with Crippen molar-refractivity contribution in [2.45, 2.75) is 13.8 Å². The minimum Gasteiger partial charge on any atom is -0.257 e. The molecule has 98 valence electrons. The molecule has 0 aliphatic carbocycles. The summed E-state index contributed by atoms with van der Waals surface area (Å²) in [7, 11) is 0. The maximum Gasteiger partial charge on any atom is 0.0720 e. The summed E-state index contributed by atoms with van der Waals surface area (Å²) in [5, 5.41) is 0. The van der Waals surface area contributed by atoms with Gasteiger partial charge in [0.1, 0.15) is 0 Å². The average molecular weight is 261 g/mol. The van der Waals surface area contributed by atoms with E-state index in [4.69, 9.17) is 0 Å². The highest BCUT2D eigenvalue weighted by molar-refractivity contribution is 5.72. The average Bonchev–Trinajstić information content (AvgIpc) is 2.49. The number of nitrogens with zero attached hydrogens (tertiary/aromatic N) is 3. The Morgan fingerprint density at radius 2 is 1.20 bits per heavy atom. The second kappa shape index (κ2) is 5.21. The van der Waals surface area contributed by atoms with E-state index < -0.39 is 0 Å². The third-order valence-electron chi connectivity index (χ3n) is 3.29. The second-order valence-electron chi connectivity index (χ2n) is 4.68. The molecule has 0 aromatic carbocycles. The number of hydrogen-bond acceptors (Lipinski definition) is 3. The van der Waals surface area contributed by atoms with E-state index in [1.807, 2.05) is 50.2 Å². The van der Waals surface area contributed by atoms with Crippen LogP contribution < -0.4 is 0 Å². The van der Waals surface area contributed by atoms with E-state index in [1.165, 1.54) is 0 Å². The summed E-state index contributed by atoms with van der Waals surface area (Å²) in [4.78, 5) is 13.5. The van der Waals surface area contributed by atoms with Gasteiger partial charge in [-0.2, -0.15) is 0 Å². The normalized spacial score (nSPS) is 10.5. The molecular formula is C17H15N3. The second-order valence-corrected chi connectivity index (χ2v) is 4.68. The van der Waals surface area contributed by atoms with Crippen LogP contribution in [0, 0.1) is 13.8 Å². The summed E-state index contributed by atoms with van der Waals surface area (Å²) in [6.45, 7) is 4.03. The highest BCUT2D eigenvalue weighted by Gasteiger charge is 2.11. The molecule has 3 heterocycles. The lowest BCUT2D eigenvalue weighted by atomic mass is 10.0. The van der Waals surface area contributed by atoms with Crippen LogP contribution in [0.5, 0.6) is 0 Å². The Hall–Kier alpha value is -2.55. The molecule has 3 aromatic heterocycles. The van der Waals surface area contributed by atoms with Crippen LogP contribution in [0.1, 0.15) is 11.4 Å². The minimum atomic E-state index is 0.940. The summed E-state index contributed by atoms with van der Waals surface area (Å²) in [5.41, 5.74) is 5.96. The lowest BCUT2D eigenvalue weighted by Crippen LogP contribution is -1.96. The molecule has 0 fully saturated rings. The topological polar surface area (TPSA) is 38.7 Å². The maximum atomic E-state index is 4.65. The first-order chi connectivity index (χ1) is 9.75. The molecule has 0 unspecified atom stereocenters. The van der Waals surface area contributed by atoms with Gasteiger partial charge in [-0.3, -0.25) is 15.0 Å². The predicted molar refractivity (Wildman–Crippen MR) is 80.2 cm³/mol. The van der Waals surface area contributed by atoms with Crippen LogP contribution in [-0.4, -0.2) is 15.0 Å². The Kier molecular flexibility index (Phi) is 3.25. The van der Waals surface area contributed by atoms with E-state index in [0.29, 0.717) is 0 Å². The molecular weight excluding hydrogens is 246 g/mol. The quantitative estimate of drug-likeness (QED) is 0.704. The number of hydrogen-bond donors (Lipinski definition) is 0. The van der Waals surface area contributed by atoms with Crippen LogP contribution in [0.15, 0.2) is 54.9 Å². The van der Waals surface area contributed by atoms with Gasteiger partial charge in [0.05, 0.1) is 11.4 Å². The molecule has 0 N–H and O–H groups in total. The van der Waals surface area contributed by atoms with Crippen molar-refractivity contribution < 1.29 is 0 Å². The molecule has 0 atom stereocenters. The third kappa shape index (κ3) is 2.30. The Labute approximate surface area is 118 Å². The summed E-state index contributed by atoms with van der Waals surface area (Å²) in [6, 6.07) is 13.9. The van der Waals surface area contributed by atoms with Crippen LogP contribution in [-0.2, 0) is 0 Å². The van der Waals surface area contributed by atoms with Crippen LogP contribution in [0.2, 0.25) is 0 Å². The van der Waals surface area contributed by atoms with Gasteiger partial charge < -0.3 is 0 Å². The first-order valence-electron chi connectivity index (χ1n) is 6.57. The molecule has 20 heavy (non-hydrogen) atoms. The predicted octanol–water partition coefficient (Wildman–Crippen LogP) is 3.82. The van der Waals surface area contributed by atoms with E-state index in [-0.39, 0.29) is 0 Å². The Morgan fingerprint density at radius 3 is 1.60 bits per heavy atom. The number of aryl methyl sites for hydroxylation is 2. The molecule has 3 aromatic rings. The smallest absolute Gasteiger partial charge is 0.0720 e. The molecule has 0 saturated carbocycles. The molecule has 0 amide bonds. The van der Waals surface area contributed by atoms with Gasteiger partial charge >= 0.3 is 0 Å². The summed E-state index contributed by atoms with van der Waals surface area (Å²) in [6.07, 6.45) is 3.60. The van der Waals surface area contributed by atoms with Crippen LogP contribution in [0.25, 0.3) is 22.5 Å². The van der Waals surface area contributed by atoms with E-state index in [9.17, 15) is 0 Å². The Balaban J connectivity index is 2.19. The van der Waals surface area contributed by atoms with Crippen molar-refractivity contribution in [1.29, 1.82) is 0 Å². The fraction of sp³-hybridized carbons (Fsp3) is 0.118. The van der Waals surface area contributed by atoms with E-state index in [2.05, 4.69) is 21.0 Å². The van der Waals surface area contributed by atoms with Crippen molar-refractivity contribution >= 4 is 0 Å². The van der Waals surface area contributed by atoms with Crippen LogP contribution >= 0.6 is 0 Å². The van der Waals surface area contributed by atoms with Crippen LogP contribution in [0.4, 0.5) is 0 Å².